The molecule has 1 heterocycles. The molecule has 0 fully saturated rings. The highest BCUT2D eigenvalue weighted by Crippen LogP contribution is 2.23. The zero-order chi connectivity index (χ0) is 21.1. The van der Waals surface area contributed by atoms with Gasteiger partial charge in [-0.05, 0) is 51.1 Å². The number of rotatable bonds is 5. The number of nitrogens with zero attached hydrogens (tertiary/aromatic N) is 3. The van der Waals surface area contributed by atoms with Crippen LogP contribution in [0.3, 0.4) is 0 Å². The van der Waals surface area contributed by atoms with Gasteiger partial charge in [0.25, 0.3) is 11.6 Å². The summed E-state index contributed by atoms with van der Waals surface area (Å²) in [6, 6.07) is 14.3. The third-order valence-electron chi connectivity index (χ3n) is 4.65. The molecule has 0 bridgehead atoms. The second-order valence-corrected chi connectivity index (χ2v) is 7.46. The molecule has 0 aliphatic heterocycles. The summed E-state index contributed by atoms with van der Waals surface area (Å²) in [6.07, 6.45) is 1.57. The summed E-state index contributed by atoms with van der Waals surface area (Å²) in [5, 5.41) is 15.1. The number of nitro groups is 1. The molecule has 0 aliphatic rings. The number of halogens is 1. The van der Waals surface area contributed by atoms with Crippen LogP contribution >= 0.6 is 15.9 Å². The standard InChI is InChI=1S/C21H19BrN4O3/c1-13-10-16(15(3)25(13)18-7-4-6-17(22)11-18)12-23-24-21(27)19-8-5-9-20(14(19)2)26(28)29/h4-12H,1-3H3,(H,24,27)/b23-12-. The number of aromatic nitrogens is 1. The molecule has 0 radical (unpaired) electrons. The van der Waals surface area contributed by atoms with Gasteiger partial charge in [0.05, 0.1) is 16.7 Å². The maximum atomic E-state index is 12.4. The van der Waals surface area contributed by atoms with E-state index in [0.717, 1.165) is 27.1 Å². The van der Waals surface area contributed by atoms with Crippen LogP contribution in [0, 0.1) is 30.9 Å². The first-order chi connectivity index (χ1) is 13.8. The monoisotopic (exact) mass is 454 g/mol. The van der Waals surface area contributed by atoms with Crippen LogP contribution in [0.25, 0.3) is 5.69 Å². The number of carbonyl (C=O) groups is 1. The minimum absolute atomic E-state index is 0.0980. The summed E-state index contributed by atoms with van der Waals surface area (Å²) in [6.45, 7) is 5.51. The van der Waals surface area contributed by atoms with E-state index in [0.29, 0.717) is 5.56 Å². The van der Waals surface area contributed by atoms with Crippen molar-refractivity contribution in [2.75, 3.05) is 0 Å². The highest BCUT2D eigenvalue weighted by atomic mass is 79.9. The van der Waals surface area contributed by atoms with Crippen molar-refractivity contribution in [1.82, 2.24) is 9.99 Å². The summed E-state index contributed by atoms with van der Waals surface area (Å²) in [7, 11) is 0. The topological polar surface area (TPSA) is 89.5 Å². The molecule has 3 aromatic rings. The lowest BCUT2D eigenvalue weighted by Crippen LogP contribution is -2.19. The third kappa shape index (κ3) is 4.27. The fourth-order valence-corrected chi connectivity index (χ4v) is 3.61. The number of aryl methyl sites for hydroxylation is 1. The van der Waals surface area contributed by atoms with Gasteiger partial charge in [0.2, 0.25) is 0 Å². The average molecular weight is 455 g/mol. The van der Waals surface area contributed by atoms with Gasteiger partial charge in [0.15, 0.2) is 0 Å². The van der Waals surface area contributed by atoms with Gasteiger partial charge in [0, 0.05) is 38.7 Å². The first kappa shape index (κ1) is 20.5. The summed E-state index contributed by atoms with van der Waals surface area (Å²) < 4.78 is 3.08. The molecule has 0 saturated carbocycles. The van der Waals surface area contributed by atoms with Crippen molar-refractivity contribution in [3.05, 3.63) is 91.2 Å². The molecule has 7 nitrogen and oxygen atoms in total. The normalized spacial score (nSPS) is 11.0. The minimum Gasteiger partial charge on any atom is -0.318 e. The Morgan fingerprint density at radius 3 is 2.59 bits per heavy atom. The molecule has 0 unspecified atom stereocenters. The number of benzene rings is 2. The predicted molar refractivity (Wildman–Crippen MR) is 116 cm³/mol. The lowest BCUT2D eigenvalue weighted by atomic mass is 10.1. The lowest BCUT2D eigenvalue weighted by Gasteiger charge is -2.09. The Balaban J connectivity index is 1.81. The molecule has 29 heavy (non-hydrogen) atoms. The zero-order valence-corrected chi connectivity index (χ0v) is 17.7. The minimum atomic E-state index is -0.508. The number of hydrogen-bond donors (Lipinski definition) is 1. The maximum absolute atomic E-state index is 12.4. The van der Waals surface area contributed by atoms with Gasteiger partial charge < -0.3 is 4.57 Å². The molecule has 8 heteroatoms. The van der Waals surface area contributed by atoms with Crippen LogP contribution in [0.5, 0.6) is 0 Å². The molecule has 1 amide bonds. The van der Waals surface area contributed by atoms with Gasteiger partial charge in [-0.1, -0.05) is 28.1 Å². The molecular formula is C21H19BrN4O3. The largest absolute Gasteiger partial charge is 0.318 e. The molecule has 0 saturated heterocycles. The summed E-state index contributed by atoms with van der Waals surface area (Å²) >= 11 is 3.49. The SMILES string of the molecule is Cc1c(C(=O)N/N=C\c2cc(C)n(-c3cccc(Br)c3)c2C)cccc1[N+](=O)[O-]. The van der Waals surface area contributed by atoms with Crippen molar-refractivity contribution in [2.45, 2.75) is 20.8 Å². The van der Waals surface area contributed by atoms with Crippen LogP contribution in [-0.4, -0.2) is 21.6 Å². The van der Waals surface area contributed by atoms with Crippen molar-refractivity contribution in [3.63, 3.8) is 0 Å². The number of amides is 1. The predicted octanol–water partition coefficient (Wildman–Crippen LogP) is 4.84. The number of hydrazone groups is 1. The Labute approximate surface area is 176 Å². The summed E-state index contributed by atoms with van der Waals surface area (Å²) in [5.41, 5.74) is 6.76. The molecule has 148 valence electrons. The zero-order valence-electron chi connectivity index (χ0n) is 16.1. The fraction of sp³-hybridized carbons (Fsp3) is 0.143. The van der Waals surface area contributed by atoms with Gasteiger partial charge in [-0.3, -0.25) is 14.9 Å². The molecular weight excluding hydrogens is 436 g/mol. The quantitative estimate of drug-likeness (QED) is 0.339. The Bertz CT molecular complexity index is 1130. The van der Waals surface area contributed by atoms with E-state index in [9.17, 15) is 14.9 Å². The van der Waals surface area contributed by atoms with Gasteiger partial charge in [-0.2, -0.15) is 5.10 Å². The Hall–Kier alpha value is -3.26. The Morgan fingerprint density at radius 1 is 1.17 bits per heavy atom. The molecule has 0 atom stereocenters. The Kier molecular flexibility index (Phi) is 5.93. The maximum Gasteiger partial charge on any atom is 0.273 e. The molecule has 0 spiro atoms. The van der Waals surface area contributed by atoms with Gasteiger partial charge in [-0.25, -0.2) is 5.43 Å². The van der Waals surface area contributed by atoms with Gasteiger partial charge in [0.1, 0.15) is 0 Å². The van der Waals surface area contributed by atoms with E-state index >= 15 is 0 Å². The van der Waals surface area contributed by atoms with Gasteiger partial charge in [-0.15, -0.1) is 0 Å². The second-order valence-electron chi connectivity index (χ2n) is 6.55. The first-order valence-corrected chi connectivity index (χ1v) is 9.61. The summed E-state index contributed by atoms with van der Waals surface area (Å²) in [4.78, 5) is 22.9. The molecule has 1 aromatic heterocycles. The van der Waals surface area contributed by atoms with E-state index in [1.165, 1.54) is 18.2 Å². The lowest BCUT2D eigenvalue weighted by molar-refractivity contribution is -0.385. The van der Waals surface area contributed by atoms with Gasteiger partial charge >= 0.3 is 0 Å². The molecule has 3 rings (SSSR count). The van der Waals surface area contributed by atoms with Crippen LogP contribution in [0.1, 0.15) is 32.9 Å². The third-order valence-corrected chi connectivity index (χ3v) is 5.15. The number of carbonyl (C=O) groups excluding carboxylic acids is 1. The van der Waals surface area contributed by atoms with E-state index in [-0.39, 0.29) is 11.3 Å². The number of nitro benzene ring substituents is 1. The van der Waals surface area contributed by atoms with Crippen molar-refractivity contribution in [2.24, 2.45) is 5.10 Å². The van der Waals surface area contributed by atoms with Crippen molar-refractivity contribution < 1.29 is 9.72 Å². The molecule has 2 aromatic carbocycles. The van der Waals surface area contributed by atoms with E-state index in [1.807, 2.05) is 44.2 Å². The van der Waals surface area contributed by atoms with Crippen molar-refractivity contribution >= 4 is 33.7 Å². The van der Waals surface area contributed by atoms with E-state index in [2.05, 4.69) is 31.0 Å². The fourth-order valence-electron chi connectivity index (χ4n) is 3.22. The number of nitrogens with one attached hydrogen (secondary N) is 1. The highest BCUT2D eigenvalue weighted by Gasteiger charge is 2.17. The van der Waals surface area contributed by atoms with E-state index in [1.54, 1.807) is 13.1 Å². The van der Waals surface area contributed by atoms with Crippen molar-refractivity contribution in [3.8, 4) is 5.69 Å². The smallest absolute Gasteiger partial charge is 0.273 e. The van der Waals surface area contributed by atoms with E-state index < -0.39 is 10.8 Å². The van der Waals surface area contributed by atoms with Crippen LogP contribution < -0.4 is 5.43 Å². The van der Waals surface area contributed by atoms with Crippen LogP contribution in [0.4, 0.5) is 5.69 Å². The molecule has 1 N–H and O–H groups in total. The highest BCUT2D eigenvalue weighted by molar-refractivity contribution is 9.10. The van der Waals surface area contributed by atoms with Crippen LogP contribution in [-0.2, 0) is 0 Å². The van der Waals surface area contributed by atoms with E-state index in [4.69, 9.17) is 0 Å². The van der Waals surface area contributed by atoms with Crippen molar-refractivity contribution in [1.29, 1.82) is 0 Å². The Morgan fingerprint density at radius 2 is 1.90 bits per heavy atom. The summed E-state index contributed by atoms with van der Waals surface area (Å²) in [5.74, 6) is -0.497. The van der Waals surface area contributed by atoms with Crippen LogP contribution in [0.2, 0.25) is 0 Å². The van der Waals surface area contributed by atoms with Crippen LogP contribution in [0.15, 0.2) is 58.1 Å². The average Bonchev–Trinajstić information content (AvgIpc) is 2.95. The number of hydrogen-bond acceptors (Lipinski definition) is 4. The molecule has 0 aliphatic carbocycles. The second kappa shape index (κ2) is 8.40. The first-order valence-electron chi connectivity index (χ1n) is 8.82.